The molecule has 0 saturated carbocycles. The Balaban J connectivity index is 2.86. The molecule has 1 aromatic carbocycles. The maximum atomic E-state index is 5.59. The number of hydrogen-bond donors (Lipinski definition) is 1. The van der Waals surface area contributed by atoms with Gasteiger partial charge in [-0.05, 0) is 56.5 Å². The molecular weight excluding hydrogens is 409 g/mol. The Kier molecular flexibility index (Phi) is 5.68. The summed E-state index contributed by atoms with van der Waals surface area (Å²) in [5, 5.41) is 3.29. The van der Waals surface area contributed by atoms with Gasteiger partial charge in [0, 0.05) is 25.5 Å². The van der Waals surface area contributed by atoms with Crippen molar-refractivity contribution < 1.29 is 0 Å². The molecule has 0 spiro atoms. The first-order chi connectivity index (χ1) is 7.04. The Morgan fingerprint density at radius 2 is 1.87 bits per heavy atom. The molecule has 5 heteroatoms. The number of rotatable bonds is 3. The molecule has 1 rings (SSSR count). The summed E-state index contributed by atoms with van der Waals surface area (Å²) in [4.78, 5) is 0. The summed E-state index contributed by atoms with van der Waals surface area (Å²) in [5.41, 5.74) is 3.68. The zero-order chi connectivity index (χ0) is 11.4. The van der Waals surface area contributed by atoms with Gasteiger partial charge in [-0.1, -0.05) is 27.5 Å². The van der Waals surface area contributed by atoms with Crippen molar-refractivity contribution in [2.24, 2.45) is 0 Å². The van der Waals surface area contributed by atoms with Crippen molar-refractivity contribution in [3.05, 3.63) is 36.7 Å². The molecule has 0 aliphatic heterocycles. The van der Waals surface area contributed by atoms with Crippen molar-refractivity contribution in [2.45, 2.75) is 6.92 Å². The summed E-state index contributed by atoms with van der Waals surface area (Å²) in [5.74, 6) is 0. The lowest BCUT2D eigenvalue weighted by Crippen LogP contribution is -2.03. The van der Waals surface area contributed by atoms with Gasteiger partial charge in [-0.3, -0.25) is 0 Å². The summed E-state index contributed by atoms with van der Waals surface area (Å²) >= 11 is 16.0. The molecule has 0 unspecified atom stereocenters. The van der Waals surface area contributed by atoms with Crippen LogP contribution >= 0.6 is 59.4 Å². The summed E-state index contributed by atoms with van der Waals surface area (Å²) in [6.45, 7) is 2.70. The molecule has 1 aromatic rings. The molecule has 0 radical (unpaired) electrons. The third-order valence-electron chi connectivity index (χ3n) is 1.74. The van der Waals surface area contributed by atoms with Gasteiger partial charge in [-0.15, -0.1) is 0 Å². The first kappa shape index (κ1) is 13.6. The number of anilines is 1. The molecule has 0 bridgehead atoms. The third kappa shape index (κ3) is 4.10. The lowest BCUT2D eigenvalue weighted by atomic mass is 10.3. The van der Waals surface area contributed by atoms with E-state index in [2.05, 4.69) is 53.1 Å². The summed E-state index contributed by atoms with van der Waals surface area (Å²) < 4.78 is 3.04. The Bertz CT molecular complexity index is 367. The fourth-order valence-electron chi connectivity index (χ4n) is 0.977. The molecule has 0 amide bonds. The molecule has 15 heavy (non-hydrogen) atoms. The van der Waals surface area contributed by atoms with E-state index in [1.807, 2.05) is 19.1 Å². The van der Waals surface area contributed by atoms with Crippen LogP contribution < -0.4 is 5.32 Å². The average Bonchev–Trinajstić information content (AvgIpc) is 2.15. The average molecular weight is 418 g/mol. The minimum Gasteiger partial charge on any atom is -0.379 e. The van der Waals surface area contributed by atoms with Gasteiger partial charge in [0.2, 0.25) is 0 Å². The van der Waals surface area contributed by atoms with Crippen LogP contribution in [0.15, 0.2) is 36.7 Å². The maximum absolute atomic E-state index is 5.59. The smallest absolute Gasteiger partial charge is 0.0632 e. The molecule has 0 aliphatic carbocycles. The lowest BCUT2D eigenvalue weighted by molar-refractivity contribution is 1.20. The van der Waals surface area contributed by atoms with Gasteiger partial charge in [0.15, 0.2) is 0 Å². The molecule has 0 fully saturated rings. The van der Waals surface area contributed by atoms with E-state index in [1.165, 1.54) is 0 Å². The number of nitrogens with one attached hydrogen (secondary N) is 1. The van der Waals surface area contributed by atoms with Crippen LogP contribution in [0.2, 0.25) is 0 Å². The molecule has 0 saturated heterocycles. The highest BCUT2D eigenvalue weighted by Gasteiger charge is 2.05. The third-order valence-corrected chi connectivity index (χ3v) is 3.82. The van der Waals surface area contributed by atoms with Crippen molar-refractivity contribution in [3.8, 4) is 0 Å². The number of benzene rings is 1. The minimum absolute atomic E-state index is 0.725. The molecule has 0 aromatic heterocycles. The molecule has 0 heterocycles. The van der Waals surface area contributed by atoms with E-state index in [1.54, 1.807) is 5.54 Å². The monoisotopic (exact) mass is 415 g/mol. The van der Waals surface area contributed by atoms with Crippen molar-refractivity contribution >= 4 is 65.1 Å². The molecule has 0 aliphatic rings. The normalized spacial score (nSPS) is 11.7. The largest absolute Gasteiger partial charge is 0.379 e. The zero-order valence-electron chi connectivity index (χ0n) is 7.95. The van der Waals surface area contributed by atoms with E-state index in [-0.39, 0.29) is 0 Å². The molecule has 0 atom stereocenters. The van der Waals surface area contributed by atoms with Crippen LogP contribution in [0.5, 0.6) is 0 Å². The SMILES string of the molecule is CC(=CCl)CNc1c(Br)cc(Br)cc1Br. The van der Waals surface area contributed by atoms with Crippen molar-refractivity contribution in [2.75, 3.05) is 11.9 Å². The van der Waals surface area contributed by atoms with Crippen LogP contribution in [0, 0.1) is 0 Å². The van der Waals surface area contributed by atoms with E-state index in [9.17, 15) is 0 Å². The van der Waals surface area contributed by atoms with Crippen LogP contribution in [0.1, 0.15) is 6.92 Å². The second-order valence-corrected chi connectivity index (χ2v) is 5.90. The first-order valence-corrected chi connectivity index (χ1v) is 7.00. The Labute approximate surface area is 120 Å². The van der Waals surface area contributed by atoms with E-state index >= 15 is 0 Å². The van der Waals surface area contributed by atoms with Gasteiger partial charge in [0.1, 0.15) is 0 Å². The lowest BCUT2D eigenvalue weighted by Gasteiger charge is -2.11. The Morgan fingerprint density at radius 1 is 1.33 bits per heavy atom. The van der Waals surface area contributed by atoms with Gasteiger partial charge in [0.25, 0.3) is 0 Å². The maximum Gasteiger partial charge on any atom is 0.0632 e. The zero-order valence-corrected chi connectivity index (χ0v) is 13.5. The first-order valence-electron chi connectivity index (χ1n) is 4.19. The fraction of sp³-hybridized carbons (Fsp3) is 0.200. The van der Waals surface area contributed by atoms with Gasteiger partial charge in [-0.25, -0.2) is 0 Å². The molecule has 1 nitrogen and oxygen atoms in total. The number of halogens is 4. The number of hydrogen-bond acceptors (Lipinski definition) is 1. The van der Waals surface area contributed by atoms with Crippen molar-refractivity contribution in [1.29, 1.82) is 0 Å². The molecule has 82 valence electrons. The van der Waals surface area contributed by atoms with Gasteiger partial charge in [0.05, 0.1) is 5.69 Å². The summed E-state index contributed by atoms with van der Waals surface area (Å²) in [6.07, 6.45) is 0. The second kappa shape index (κ2) is 6.28. The van der Waals surface area contributed by atoms with E-state index in [4.69, 9.17) is 11.6 Å². The molecule has 1 N–H and O–H groups in total. The van der Waals surface area contributed by atoms with Crippen LogP contribution in [0.4, 0.5) is 5.69 Å². The fourth-order valence-corrected chi connectivity index (χ4v) is 3.59. The van der Waals surface area contributed by atoms with E-state index < -0.39 is 0 Å². The second-order valence-electron chi connectivity index (χ2n) is 3.05. The quantitative estimate of drug-likeness (QED) is 0.681. The molecular formula is C10H9Br3ClN. The van der Waals surface area contributed by atoms with Gasteiger partial charge < -0.3 is 5.32 Å². The predicted molar refractivity (Wildman–Crippen MR) is 77.6 cm³/mol. The van der Waals surface area contributed by atoms with E-state index in [0.717, 1.165) is 31.2 Å². The van der Waals surface area contributed by atoms with Crippen molar-refractivity contribution in [3.63, 3.8) is 0 Å². The van der Waals surface area contributed by atoms with Crippen LogP contribution in [0.3, 0.4) is 0 Å². The summed E-state index contributed by atoms with van der Waals surface area (Å²) in [6, 6.07) is 3.99. The minimum atomic E-state index is 0.725. The highest BCUT2D eigenvalue weighted by molar-refractivity contribution is 9.11. The highest BCUT2D eigenvalue weighted by atomic mass is 79.9. The van der Waals surface area contributed by atoms with Gasteiger partial charge in [-0.2, -0.15) is 0 Å². The van der Waals surface area contributed by atoms with Crippen molar-refractivity contribution in [1.82, 2.24) is 0 Å². The van der Waals surface area contributed by atoms with Crippen LogP contribution in [-0.2, 0) is 0 Å². The Hall–Kier alpha value is 0.490. The summed E-state index contributed by atoms with van der Waals surface area (Å²) in [7, 11) is 0. The topological polar surface area (TPSA) is 12.0 Å². The predicted octanol–water partition coefficient (Wildman–Crippen LogP) is 5.53. The highest BCUT2D eigenvalue weighted by Crippen LogP contribution is 2.34. The Morgan fingerprint density at radius 3 is 2.33 bits per heavy atom. The van der Waals surface area contributed by atoms with Crippen LogP contribution in [-0.4, -0.2) is 6.54 Å². The van der Waals surface area contributed by atoms with Gasteiger partial charge >= 0.3 is 0 Å². The van der Waals surface area contributed by atoms with E-state index in [0.29, 0.717) is 0 Å². The standard InChI is InChI=1S/C10H9Br3ClN/c1-6(4-14)5-15-10-8(12)2-7(11)3-9(10)13/h2-4,15H,5H2,1H3. The van der Waals surface area contributed by atoms with Crippen LogP contribution in [0.25, 0.3) is 0 Å².